The highest BCUT2D eigenvalue weighted by Gasteiger charge is 2.05. The van der Waals surface area contributed by atoms with Gasteiger partial charge in [0.1, 0.15) is 0 Å². The van der Waals surface area contributed by atoms with E-state index >= 15 is 0 Å². The Bertz CT molecular complexity index is 314. The second-order valence-electron chi connectivity index (χ2n) is 1.91. The van der Waals surface area contributed by atoms with Crippen molar-refractivity contribution in [1.82, 2.24) is 0 Å². The predicted octanol–water partition coefficient (Wildman–Crippen LogP) is 4.44. The number of carbonyl (C=O) groups excluding carboxylic acids is 1. The van der Waals surface area contributed by atoms with E-state index in [1.807, 2.05) is 0 Å². The molecule has 1 aromatic carbocycles. The Labute approximate surface area is 89.0 Å². The van der Waals surface area contributed by atoms with Gasteiger partial charge in [0.15, 0.2) is 0 Å². The zero-order valence-electron chi connectivity index (χ0n) is 5.68. The molecule has 0 saturated heterocycles. The van der Waals surface area contributed by atoms with Crippen molar-refractivity contribution in [2.75, 3.05) is 0 Å². The average Bonchev–Trinajstić information content (AvgIpc) is 1.96. The van der Waals surface area contributed by atoms with Crippen LogP contribution in [-0.4, -0.2) is 4.57 Å². The van der Waals surface area contributed by atoms with Crippen LogP contribution in [-0.2, 0) is 0 Å². The lowest BCUT2D eigenvalue weighted by Crippen LogP contribution is -1.77. The van der Waals surface area contributed by atoms with Crippen LogP contribution < -0.4 is 0 Å². The third-order valence-electron chi connectivity index (χ3n) is 1.08. The number of halogens is 3. The molecule has 5 heteroatoms. The molecular weight excluding hydrogens is 239 g/mol. The van der Waals surface area contributed by atoms with Crippen molar-refractivity contribution in [1.29, 1.82) is 0 Å². The number of carbonyl (C=O) groups is 1. The molecule has 1 aromatic rings. The molecule has 0 amide bonds. The van der Waals surface area contributed by atoms with Gasteiger partial charge in [-0.1, -0.05) is 23.2 Å². The van der Waals surface area contributed by atoms with Gasteiger partial charge in [-0.25, -0.2) is 0 Å². The van der Waals surface area contributed by atoms with Crippen molar-refractivity contribution < 1.29 is 4.79 Å². The van der Waals surface area contributed by atoms with Gasteiger partial charge < -0.3 is 0 Å². The van der Waals surface area contributed by atoms with Crippen molar-refractivity contribution in [3.05, 3.63) is 28.2 Å². The molecule has 0 radical (unpaired) electrons. The minimum Gasteiger partial charge on any atom is -0.268 e. The van der Waals surface area contributed by atoms with Gasteiger partial charge in [-0.2, -0.15) is 0 Å². The molecule has 0 unspecified atom stereocenters. The Morgan fingerprint density at radius 3 is 2.58 bits per heavy atom. The van der Waals surface area contributed by atoms with Crippen LogP contribution in [0.25, 0.3) is 0 Å². The van der Waals surface area contributed by atoms with E-state index in [9.17, 15) is 4.79 Å². The lowest BCUT2D eigenvalue weighted by atomic mass is 10.4. The SMILES string of the molecule is O=C(Cl)Sc1cc(Cl)ccc1Cl. The minimum atomic E-state index is -0.529. The van der Waals surface area contributed by atoms with Crippen LogP contribution >= 0.6 is 46.6 Å². The third-order valence-corrected chi connectivity index (χ3v) is 2.71. The van der Waals surface area contributed by atoms with Crippen LogP contribution in [0, 0.1) is 0 Å². The van der Waals surface area contributed by atoms with Gasteiger partial charge >= 0.3 is 0 Å². The summed E-state index contributed by atoms with van der Waals surface area (Å²) in [6.07, 6.45) is 0. The predicted molar refractivity (Wildman–Crippen MR) is 53.6 cm³/mol. The van der Waals surface area contributed by atoms with Crippen molar-refractivity contribution in [3.8, 4) is 0 Å². The molecule has 12 heavy (non-hydrogen) atoms. The van der Waals surface area contributed by atoms with Crippen LogP contribution in [0.5, 0.6) is 0 Å². The Balaban J connectivity index is 2.97. The molecule has 0 bridgehead atoms. The fourth-order valence-corrected chi connectivity index (χ4v) is 1.89. The average molecular weight is 242 g/mol. The van der Waals surface area contributed by atoms with Gasteiger partial charge in [-0.3, -0.25) is 4.79 Å². The summed E-state index contributed by atoms with van der Waals surface area (Å²) >= 11 is 17.4. The number of thioether (sulfide) groups is 1. The summed E-state index contributed by atoms with van der Waals surface area (Å²) in [7, 11) is 0. The summed E-state index contributed by atoms with van der Waals surface area (Å²) in [6.45, 7) is 0. The highest BCUT2D eigenvalue weighted by atomic mass is 35.5. The number of hydrogen-bond acceptors (Lipinski definition) is 2. The molecule has 64 valence electrons. The molecule has 0 heterocycles. The highest BCUT2D eigenvalue weighted by Crippen LogP contribution is 2.31. The topological polar surface area (TPSA) is 17.1 Å². The Morgan fingerprint density at radius 2 is 2.00 bits per heavy atom. The third kappa shape index (κ3) is 2.87. The zero-order chi connectivity index (χ0) is 9.14. The Morgan fingerprint density at radius 1 is 1.33 bits per heavy atom. The van der Waals surface area contributed by atoms with E-state index in [2.05, 4.69) is 0 Å². The first-order chi connectivity index (χ1) is 5.59. The van der Waals surface area contributed by atoms with Crippen LogP contribution in [0.3, 0.4) is 0 Å². The first-order valence-corrected chi connectivity index (χ1v) is 4.87. The van der Waals surface area contributed by atoms with Gasteiger partial charge in [0.2, 0.25) is 0 Å². The summed E-state index contributed by atoms with van der Waals surface area (Å²) < 4.78 is -0.529. The molecule has 0 aliphatic carbocycles. The second kappa shape index (κ2) is 4.38. The van der Waals surface area contributed by atoms with Crippen molar-refractivity contribution >= 4 is 51.1 Å². The molecule has 0 aliphatic rings. The monoisotopic (exact) mass is 240 g/mol. The van der Waals surface area contributed by atoms with E-state index in [1.54, 1.807) is 18.2 Å². The van der Waals surface area contributed by atoms with Crippen LogP contribution in [0.15, 0.2) is 23.1 Å². The van der Waals surface area contributed by atoms with Crippen molar-refractivity contribution in [3.63, 3.8) is 0 Å². The largest absolute Gasteiger partial charge is 0.284 e. The fourth-order valence-electron chi connectivity index (χ4n) is 0.642. The highest BCUT2D eigenvalue weighted by molar-refractivity contribution is 8.16. The molecular formula is C7H3Cl3OS. The van der Waals surface area contributed by atoms with Crippen molar-refractivity contribution in [2.45, 2.75) is 4.90 Å². The van der Waals surface area contributed by atoms with E-state index in [0.29, 0.717) is 14.9 Å². The summed E-state index contributed by atoms with van der Waals surface area (Å²) in [4.78, 5) is 11.1. The summed E-state index contributed by atoms with van der Waals surface area (Å²) in [5, 5.41) is 0.998. The molecule has 0 atom stereocenters. The van der Waals surface area contributed by atoms with Gasteiger partial charge in [0.25, 0.3) is 4.57 Å². The van der Waals surface area contributed by atoms with Crippen LogP contribution in [0.4, 0.5) is 4.79 Å². The summed E-state index contributed by atoms with van der Waals surface area (Å²) in [6, 6.07) is 4.85. The molecule has 0 aliphatic heterocycles. The summed E-state index contributed by atoms with van der Waals surface area (Å²) in [5.74, 6) is 0. The summed E-state index contributed by atoms with van der Waals surface area (Å²) in [5.41, 5.74) is 0. The van der Waals surface area contributed by atoms with Crippen LogP contribution in [0.2, 0.25) is 10.0 Å². The van der Waals surface area contributed by atoms with Crippen LogP contribution in [0.1, 0.15) is 0 Å². The maximum Gasteiger partial charge on any atom is 0.284 e. The first-order valence-electron chi connectivity index (χ1n) is 2.92. The molecule has 0 aromatic heterocycles. The normalized spacial score (nSPS) is 9.92. The Kier molecular flexibility index (Phi) is 3.72. The first kappa shape index (κ1) is 10.2. The van der Waals surface area contributed by atoms with E-state index in [1.165, 1.54) is 0 Å². The fraction of sp³-hybridized carbons (Fsp3) is 0. The van der Waals surface area contributed by atoms with Gasteiger partial charge in [0, 0.05) is 9.92 Å². The second-order valence-corrected chi connectivity index (χ2v) is 4.34. The van der Waals surface area contributed by atoms with Gasteiger partial charge in [0.05, 0.1) is 5.02 Å². The minimum absolute atomic E-state index is 0.471. The maximum atomic E-state index is 10.5. The van der Waals surface area contributed by atoms with E-state index in [4.69, 9.17) is 34.8 Å². The lowest BCUT2D eigenvalue weighted by molar-refractivity contribution is 0.276. The van der Waals surface area contributed by atoms with E-state index in [-0.39, 0.29) is 0 Å². The molecule has 0 saturated carbocycles. The quantitative estimate of drug-likeness (QED) is 0.534. The lowest BCUT2D eigenvalue weighted by Gasteiger charge is -1.99. The van der Waals surface area contributed by atoms with Gasteiger partial charge in [-0.15, -0.1) is 0 Å². The maximum absolute atomic E-state index is 10.5. The standard InChI is InChI=1S/C7H3Cl3OS/c8-4-1-2-5(9)6(3-4)12-7(10)11/h1-3H. The smallest absolute Gasteiger partial charge is 0.268 e. The molecule has 1 nitrogen and oxygen atoms in total. The van der Waals surface area contributed by atoms with E-state index in [0.717, 1.165) is 11.8 Å². The molecule has 1 rings (SSSR count). The van der Waals surface area contributed by atoms with E-state index < -0.39 is 4.57 Å². The number of hydrogen-bond donors (Lipinski definition) is 0. The molecule has 0 spiro atoms. The number of benzene rings is 1. The Hall–Kier alpha value is 0.110. The molecule has 0 N–H and O–H groups in total. The number of rotatable bonds is 1. The molecule has 0 fully saturated rings. The van der Waals surface area contributed by atoms with Crippen molar-refractivity contribution in [2.24, 2.45) is 0 Å². The van der Waals surface area contributed by atoms with Gasteiger partial charge in [-0.05, 0) is 41.6 Å². The zero-order valence-corrected chi connectivity index (χ0v) is 8.77.